The lowest BCUT2D eigenvalue weighted by Gasteiger charge is -2.12. The molecule has 0 radical (unpaired) electrons. The molecule has 0 heterocycles. The van der Waals surface area contributed by atoms with Crippen molar-refractivity contribution in [2.75, 3.05) is 23.1 Å². The maximum Gasteiger partial charge on any atom is 0.188 e. The highest BCUT2D eigenvalue weighted by molar-refractivity contribution is 8.02. The molecule has 0 saturated carbocycles. The van der Waals surface area contributed by atoms with E-state index < -0.39 is 0 Å². The Morgan fingerprint density at radius 1 is 0.625 bits per heavy atom. The van der Waals surface area contributed by atoms with E-state index in [-0.39, 0.29) is 11.6 Å². The van der Waals surface area contributed by atoms with Crippen molar-refractivity contribution in [2.45, 2.75) is 0 Å². The van der Waals surface area contributed by atoms with E-state index in [0.29, 0.717) is 11.1 Å². The van der Waals surface area contributed by atoms with E-state index in [1.54, 1.807) is 36.4 Å². The fraction of sp³-hybridized carbons (Fsp3) is 0.0769. The molecule has 0 atom stereocenters. The lowest BCUT2D eigenvalue weighted by atomic mass is 10.1. The van der Waals surface area contributed by atoms with E-state index in [1.165, 1.54) is 23.5 Å². The maximum absolute atomic E-state index is 12.5. The van der Waals surface area contributed by atoms with Crippen LogP contribution < -0.4 is 10.6 Å². The highest BCUT2D eigenvalue weighted by Gasteiger charge is 2.07. The average Bonchev–Trinajstić information content (AvgIpc) is 2.84. The number of ketones is 2. The van der Waals surface area contributed by atoms with Crippen LogP contribution in [0.3, 0.4) is 0 Å². The largest absolute Gasteiger partial charge is 0.350 e. The second-order valence-corrected chi connectivity index (χ2v) is 8.41. The van der Waals surface area contributed by atoms with E-state index in [9.17, 15) is 9.59 Å². The quantitative estimate of drug-likeness (QED) is 0.260. The number of nitrogens with one attached hydrogen (secondary N) is 2. The molecule has 0 fully saturated rings. The van der Waals surface area contributed by atoms with Gasteiger partial charge in [-0.05, 0) is 30.7 Å². The second-order valence-electron chi connectivity index (χ2n) is 6.72. The minimum atomic E-state index is -0.0521. The normalized spacial score (nSPS) is 11.7. The van der Waals surface area contributed by atoms with Crippen molar-refractivity contribution in [3.63, 3.8) is 0 Å². The second kappa shape index (κ2) is 12.0. The van der Waals surface area contributed by atoms with Crippen LogP contribution in [0.2, 0.25) is 0 Å². The summed E-state index contributed by atoms with van der Waals surface area (Å²) < 4.78 is 0. The predicted octanol–water partition coefficient (Wildman–Crippen LogP) is 6.69. The molecule has 0 spiro atoms. The molecule has 0 aromatic heterocycles. The molecule has 3 aromatic rings. The van der Waals surface area contributed by atoms with Gasteiger partial charge in [-0.25, -0.2) is 0 Å². The number of hydrogen-bond acceptors (Lipinski definition) is 6. The summed E-state index contributed by atoms with van der Waals surface area (Å²) in [5.41, 5.74) is 2.97. The van der Waals surface area contributed by atoms with E-state index in [4.69, 9.17) is 0 Å². The molecule has 0 saturated heterocycles. The highest BCUT2D eigenvalue weighted by Crippen LogP contribution is 2.24. The molecule has 0 amide bonds. The van der Waals surface area contributed by atoms with Gasteiger partial charge in [0.2, 0.25) is 0 Å². The monoisotopic (exact) mass is 460 g/mol. The number of thioether (sulfide) groups is 2. The van der Waals surface area contributed by atoms with Gasteiger partial charge in [0.15, 0.2) is 11.6 Å². The molecule has 162 valence electrons. The minimum Gasteiger partial charge on any atom is -0.350 e. The van der Waals surface area contributed by atoms with Crippen molar-refractivity contribution in [1.29, 1.82) is 0 Å². The fourth-order valence-corrected chi connectivity index (χ4v) is 3.75. The van der Waals surface area contributed by atoms with Crippen LogP contribution in [0.25, 0.3) is 0 Å². The molecule has 0 aliphatic carbocycles. The van der Waals surface area contributed by atoms with Crippen LogP contribution in [0.15, 0.2) is 107 Å². The van der Waals surface area contributed by atoms with Gasteiger partial charge in [0.05, 0.1) is 10.1 Å². The van der Waals surface area contributed by atoms with Crippen molar-refractivity contribution < 1.29 is 9.59 Å². The summed E-state index contributed by atoms with van der Waals surface area (Å²) >= 11 is 2.93. The molecule has 3 aromatic carbocycles. The van der Waals surface area contributed by atoms with Gasteiger partial charge in [0, 0.05) is 34.7 Å². The number of carbonyl (C=O) groups is 2. The van der Waals surface area contributed by atoms with Crippen LogP contribution in [0.4, 0.5) is 11.4 Å². The molecular formula is C26H24N2O2S2. The highest BCUT2D eigenvalue weighted by atomic mass is 32.2. The summed E-state index contributed by atoms with van der Waals surface area (Å²) in [7, 11) is 0. The van der Waals surface area contributed by atoms with Crippen molar-refractivity contribution >= 4 is 46.5 Å². The van der Waals surface area contributed by atoms with E-state index in [0.717, 1.165) is 21.4 Å². The van der Waals surface area contributed by atoms with E-state index in [2.05, 4.69) is 10.6 Å². The van der Waals surface area contributed by atoms with Crippen molar-refractivity contribution in [3.05, 3.63) is 118 Å². The van der Waals surface area contributed by atoms with Gasteiger partial charge < -0.3 is 10.6 Å². The number of benzene rings is 3. The van der Waals surface area contributed by atoms with Gasteiger partial charge in [0.25, 0.3) is 0 Å². The molecule has 2 N–H and O–H groups in total. The van der Waals surface area contributed by atoms with Gasteiger partial charge in [-0.15, -0.1) is 23.5 Å². The Balaban J connectivity index is 1.72. The van der Waals surface area contributed by atoms with Crippen LogP contribution in [0, 0.1) is 0 Å². The van der Waals surface area contributed by atoms with Crippen LogP contribution in [-0.2, 0) is 0 Å². The first kappa shape index (κ1) is 23.4. The third-order valence-corrected chi connectivity index (χ3v) is 5.80. The molecule has 6 heteroatoms. The predicted molar refractivity (Wildman–Crippen MR) is 138 cm³/mol. The molecule has 0 bridgehead atoms. The Kier molecular flexibility index (Phi) is 8.78. The van der Waals surface area contributed by atoms with Crippen LogP contribution >= 0.6 is 23.5 Å². The Morgan fingerprint density at radius 3 is 1.41 bits per heavy atom. The zero-order chi connectivity index (χ0) is 22.8. The van der Waals surface area contributed by atoms with Crippen LogP contribution in [-0.4, -0.2) is 24.1 Å². The van der Waals surface area contributed by atoms with Gasteiger partial charge >= 0.3 is 0 Å². The maximum atomic E-state index is 12.5. The number of anilines is 2. The Bertz CT molecular complexity index is 1040. The van der Waals surface area contributed by atoms with Gasteiger partial charge in [0.1, 0.15) is 0 Å². The topological polar surface area (TPSA) is 58.2 Å². The van der Waals surface area contributed by atoms with Crippen molar-refractivity contribution in [3.8, 4) is 0 Å². The van der Waals surface area contributed by atoms with Crippen molar-refractivity contribution in [1.82, 2.24) is 0 Å². The zero-order valence-electron chi connectivity index (χ0n) is 17.9. The number of carbonyl (C=O) groups excluding carboxylic acids is 2. The minimum absolute atomic E-state index is 0.0521. The molecule has 0 aliphatic rings. The first-order valence-electron chi connectivity index (χ1n) is 9.93. The molecule has 0 aliphatic heterocycles. The summed E-state index contributed by atoms with van der Waals surface area (Å²) in [6.45, 7) is 0. The first-order valence-corrected chi connectivity index (χ1v) is 12.4. The summed E-state index contributed by atoms with van der Waals surface area (Å²) in [6.07, 6.45) is 7.05. The van der Waals surface area contributed by atoms with Crippen molar-refractivity contribution in [2.24, 2.45) is 0 Å². The standard InChI is InChI=1S/C26H24N2O2S2/c1-31-25(17-23(29)19-10-5-3-6-11-19)27-21-14-9-15-22(16-21)28-26(32-2)18-24(30)20-12-7-4-8-13-20/h3-18,27-28H,1-2H3/b25-17-,26-18-. The van der Waals surface area contributed by atoms with E-state index >= 15 is 0 Å². The number of hydrogen-bond donors (Lipinski definition) is 2. The first-order chi connectivity index (χ1) is 15.6. The lowest BCUT2D eigenvalue weighted by Crippen LogP contribution is -2.03. The SMILES string of the molecule is CS/C(=C\C(=O)c1ccccc1)Nc1cccc(N/C(=C/C(=O)c2ccccc2)SC)c1. The Hall–Kier alpha value is -3.22. The molecule has 3 rings (SSSR count). The third kappa shape index (κ3) is 6.90. The Labute approximate surface area is 197 Å². The molecule has 32 heavy (non-hydrogen) atoms. The third-order valence-electron chi connectivity index (χ3n) is 4.48. The van der Waals surface area contributed by atoms with E-state index in [1.807, 2.05) is 73.2 Å². The molecule has 0 unspecified atom stereocenters. The number of rotatable bonds is 10. The molecule has 4 nitrogen and oxygen atoms in total. The van der Waals surface area contributed by atoms with Gasteiger partial charge in [-0.3, -0.25) is 9.59 Å². The zero-order valence-corrected chi connectivity index (χ0v) is 19.5. The number of allylic oxidation sites excluding steroid dienone is 2. The summed E-state index contributed by atoms with van der Waals surface area (Å²) in [4.78, 5) is 25.0. The average molecular weight is 461 g/mol. The molecular weight excluding hydrogens is 436 g/mol. The smallest absolute Gasteiger partial charge is 0.188 e. The summed E-state index contributed by atoms with van der Waals surface area (Å²) in [6, 6.07) is 26.1. The summed E-state index contributed by atoms with van der Waals surface area (Å²) in [5.74, 6) is -0.104. The van der Waals surface area contributed by atoms with Crippen LogP contribution in [0.5, 0.6) is 0 Å². The lowest BCUT2D eigenvalue weighted by molar-refractivity contribution is 0.103. The van der Waals surface area contributed by atoms with Gasteiger partial charge in [-0.1, -0.05) is 66.7 Å². The van der Waals surface area contributed by atoms with Gasteiger partial charge in [-0.2, -0.15) is 0 Å². The van der Waals surface area contributed by atoms with Crippen LogP contribution in [0.1, 0.15) is 20.7 Å². The Morgan fingerprint density at radius 2 is 1.03 bits per heavy atom. The fourth-order valence-electron chi connectivity index (χ4n) is 2.86. The summed E-state index contributed by atoms with van der Waals surface area (Å²) in [5, 5.41) is 8.09.